The van der Waals surface area contributed by atoms with E-state index in [4.69, 9.17) is 9.94 Å². The van der Waals surface area contributed by atoms with Crippen LogP contribution in [-0.2, 0) is 4.84 Å². The molecule has 1 unspecified atom stereocenters. The predicted molar refractivity (Wildman–Crippen MR) is 75.7 cm³/mol. The lowest BCUT2D eigenvalue weighted by Crippen LogP contribution is -2.33. The van der Waals surface area contributed by atoms with Crippen molar-refractivity contribution in [3.63, 3.8) is 0 Å². The molecule has 1 aromatic rings. The fourth-order valence-corrected chi connectivity index (χ4v) is 2.66. The van der Waals surface area contributed by atoms with E-state index >= 15 is 0 Å². The molecule has 9 nitrogen and oxygen atoms in total. The molecule has 0 spiro atoms. The minimum Gasteiger partial charge on any atom is -0.569 e. The van der Waals surface area contributed by atoms with Crippen LogP contribution in [0.15, 0.2) is 29.5 Å². The topological polar surface area (TPSA) is 109 Å². The number of carbonyl (C=O) groups is 2. The van der Waals surface area contributed by atoms with E-state index in [2.05, 4.69) is 5.28 Å². The van der Waals surface area contributed by atoms with Crippen LogP contribution in [0.1, 0.15) is 27.1 Å². The Balaban J connectivity index is 1.58. The first-order valence-electron chi connectivity index (χ1n) is 7.23. The van der Waals surface area contributed by atoms with E-state index in [1.165, 1.54) is 5.01 Å². The van der Waals surface area contributed by atoms with E-state index in [1.54, 1.807) is 24.3 Å². The summed E-state index contributed by atoms with van der Waals surface area (Å²) in [5.74, 6) is -0.905. The molecule has 9 heteroatoms. The minimum atomic E-state index is -0.472. The number of aliphatic hydroxyl groups is 1. The number of carbonyl (C=O) groups excluding carboxylic acids is 2. The van der Waals surface area contributed by atoms with Crippen molar-refractivity contribution in [2.24, 2.45) is 11.2 Å². The quantitative estimate of drug-likeness (QED) is 0.363. The summed E-state index contributed by atoms with van der Waals surface area (Å²) < 4.78 is 0. The Morgan fingerprint density at radius 1 is 1.30 bits per heavy atom. The molecule has 1 saturated heterocycles. The van der Waals surface area contributed by atoms with Crippen molar-refractivity contribution in [1.29, 1.82) is 0 Å². The highest BCUT2D eigenvalue weighted by atomic mass is 16.7. The van der Waals surface area contributed by atoms with Gasteiger partial charge in [0.25, 0.3) is 11.8 Å². The van der Waals surface area contributed by atoms with E-state index in [1.807, 2.05) is 0 Å². The van der Waals surface area contributed by atoms with Gasteiger partial charge in [0, 0.05) is 12.5 Å². The van der Waals surface area contributed by atoms with Crippen LogP contribution in [-0.4, -0.2) is 58.2 Å². The van der Waals surface area contributed by atoms with Crippen LogP contribution >= 0.6 is 0 Å². The zero-order chi connectivity index (χ0) is 16.4. The van der Waals surface area contributed by atoms with Crippen molar-refractivity contribution in [3.05, 3.63) is 40.6 Å². The lowest BCUT2D eigenvalue weighted by atomic mass is 10.1. The Morgan fingerprint density at radius 2 is 1.96 bits per heavy atom. The molecule has 1 N–H and O–H groups in total. The van der Waals surface area contributed by atoms with Crippen molar-refractivity contribution in [3.8, 4) is 0 Å². The van der Waals surface area contributed by atoms with E-state index in [9.17, 15) is 14.8 Å². The van der Waals surface area contributed by atoms with Crippen molar-refractivity contribution >= 4 is 11.8 Å². The number of benzene rings is 1. The summed E-state index contributed by atoms with van der Waals surface area (Å²) in [6.07, 6.45) is 0.698. The molecular formula is C14H16N4O5. The van der Waals surface area contributed by atoms with Crippen LogP contribution < -0.4 is 0 Å². The van der Waals surface area contributed by atoms with Gasteiger partial charge in [-0.15, -0.1) is 5.01 Å². The molecule has 23 heavy (non-hydrogen) atoms. The number of hydrogen-bond acceptors (Lipinski definition) is 6. The molecule has 2 heterocycles. The molecule has 1 aromatic carbocycles. The summed E-state index contributed by atoms with van der Waals surface area (Å²) in [5, 5.41) is 25.5. The summed E-state index contributed by atoms with van der Waals surface area (Å²) in [6, 6.07) is 6.46. The Bertz CT molecular complexity index is 627. The van der Waals surface area contributed by atoms with Gasteiger partial charge in [0.15, 0.2) is 0 Å². The van der Waals surface area contributed by atoms with Gasteiger partial charge in [-0.25, -0.2) is 4.90 Å². The van der Waals surface area contributed by atoms with Crippen molar-refractivity contribution in [2.45, 2.75) is 6.42 Å². The van der Waals surface area contributed by atoms with Crippen LogP contribution in [0.25, 0.3) is 0 Å². The number of aliphatic hydroxyl groups excluding tert-OH is 1. The van der Waals surface area contributed by atoms with Gasteiger partial charge in [0.05, 0.1) is 29.2 Å². The zero-order valence-electron chi connectivity index (χ0n) is 12.3. The Hall–Kier alpha value is -2.68. The molecule has 1 atom stereocenters. The number of hydrazine groups is 1. The summed E-state index contributed by atoms with van der Waals surface area (Å²) in [7, 11) is 0. The van der Waals surface area contributed by atoms with Crippen LogP contribution in [0.3, 0.4) is 0 Å². The molecule has 0 bridgehead atoms. The van der Waals surface area contributed by atoms with Crippen LogP contribution in [0.5, 0.6) is 0 Å². The highest BCUT2D eigenvalue weighted by molar-refractivity contribution is 6.21. The highest BCUT2D eigenvalue weighted by Gasteiger charge is 2.36. The number of hydrogen-bond donors (Lipinski definition) is 1. The van der Waals surface area contributed by atoms with Crippen molar-refractivity contribution in [2.75, 3.05) is 26.4 Å². The second kappa shape index (κ2) is 6.21. The maximum atomic E-state index is 12.1. The molecule has 0 aromatic heterocycles. The van der Waals surface area contributed by atoms with Crippen LogP contribution in [0, 0.1) is 11.1 Å². The number of nitrogens with zero attached hydrogens (tertiary/aromatic N) is 4. The average Bonchev–Trinajstić information content (AvgIpc) is 3.14. The third kappa shape index (κ3) is 2.82. The molecule has 2 aliphatic heterocycles. The molecule has 0 radical (unpaired) electrons. The summed E-state index contributed by atoms with van der Waals surface area (Å²) in [5.41, 5.74) is 0.621. The fourth-order valence-electron chi connectivity index (χ4n) is 2.66. The first-order chi connectivity index (χ1) is 11.1. The number of rotatable bonds is 5. The van der Waals surface area contributed by atoms with Gasteiger partial charge < -0.3 is 15.2 Å². The molecule has 0 aliphatic carbocycles. The minimum absolute atomic E-state index is 0.0141. The van der Waals surface area contributed by atoms with Gasteiger partial charge in [0.2, 0.25) is 12.0 Å². The van der Waals surface area contributed by atoms with Gasteiger partial charge in [0.1, 0.15) is 0 Å². The smallest absolute Gasteiger partial charge is 0.264 e. The fraction of sp³-hybridized carbons (Fsp3) is 0.429. The lowest BCUT2D eigenvalue weighted by molar-refractivity contribution is -0.708. The lowest BCUT2D eigenvalue weighted by Gasteiger charge is -2.13. The monoisotopic (exact) mass is 320 g/mol. The molecule has 2 amide bonds. The second-order valence-electron chi connectivity index (χ2n) is 5.43. The predicted octanol–water partition coefficient (Wildman–Crippen LogP) is 0.363. The van der Waals surface area contributed by atoms with Crippen molar-refractivity contribution in [1.82, 2.24) is 9.91 Å². The van der Waals surface area contributed by atoms with Crippen molar-refractivity contribution < 1.29 is 24.5 Å². The number of imide groups is 1. The standard InChI is InChI=1S/C14H16N4O5/c19-8-10-5-6-16(7-10)18(22)15-23-9-17-13(20)11-3-1-2-4-12(11)14(17)21/h1-4,10,19H,5-9H2. The summed E-state index contributed by atoms with van der Waals surface area (Å²) in [6.45, 7) is 0.442. The molecule has 3 rings (SSSR count). The van der Waals surface area contributed by atoms with Crippen LogP contribution in [0.2, 0.25) is 0 Å². The molecule has 1 fully saturated rings. The van der Waals surface area contributed by atoms with Gasteiger partial charge in [-0.3, -0.25) is 9.59 Å². The normalized spacial score (nSPS) is 21.1. The number of fused-ring (bicyclic) bond motifs is 1. The van der Waals surface area contributed by atoms with E-state index < -0.39 is 18.5 Å². The Morgan fingerprint density at radius 3 is 2.52 bits per heavy atom. The van der Waals surface area contributed by atoms with Gasteiger partial charge in [-0.05, 0) is 18.6 Å². The molecule has 2 aliphatic rings. The largest absolute Gasteiger partial charge is 0.569 e. The van der Waals surface area contributed by atoms with Gasteiger partial charge >= 0.3 is 0 Å². The first-order valence-corrected chi connectivity index (χ1v) is 7.23. The second-order valence-corrected chi connectivity index (χ2v) is 5.43. The molecule has 122 valence electrons. The maximum absolute atomic E-state index is 12.1. The summed E-state index contributed by atoms with van der Waals surface area (Å²) in [4.78, 5) is 30.2. The molecule has 0 saturated carbocycles. The Labute approximate surface area is 131 Å². The van der Waals surface area contributed by atoms with Gasteiger partial charge in [-0.1, -0.05) is 12.1 Å². The van der Waals surface area contributed by atoms with E-state index in [-0.39, 0.29) is 17.5 Å². The third-order valence-corrected chi connectivity index (χ3v) is 3.96. The summed E-state index contributed by atoms with van der Waals surface area (Å²) >= 11 is 0. The maximum Gasteiger partial charge on any atom is 0.264 e. The van der Waals surface area contributed by atoms with E-state index in [0.717, 1.165) is 4.90 Å². The zero-order valence-corrected chi connectivity index (χ0v) is 12.3. The SMILES string of the molecule is O=C1c2ccccc2C(=O)N1CON=[N+]([O-])N1CCC(CO)C1. The van der Waals surface area contributed by atoms with Crippen LogP contribution in [0.4, 0.5) is 0 Å². The third-order valence-electron chi connectivity index (χ3n) is 3.96. The van der Waals surface area contributed by atoms with E-state index in [0.29, 0.717) is 30.6 Å². The number of amides is 2. The molecular weight excluding hydrogens is 304 g/mol. The highest BCUT2D eigenvalue weighted by Crippen LogP contribution is 2.22. The van der Waals surface area contributed by atoms with Gasteiger partial charge in [-0.2, -0.15) is 0 Å². The first kappa shape index (κ1) is 15.2. The Kier molecular flexibility index (Phi) is 4.11. The average molecular weight is 320 g/mol.